The molecule has 0 saturated heterocycles. The van der Waals surface area contributed by atoms with Gasteiger partial charge in [0.15, 0.2) is 0 Å². The van der Waals surface area contributed by atoms with E-state index in [2.05, 4.69) is 15.2 Å². The Kier molecular flexibility index (Phi) is 6.03. The van der Waals surface area contributed by atoms with Crippen molar-refractivity contribution in [3.8, 4) is 11.4 Å². The Bertz CT molecular complexity index is 913. The second kappa shape index (κ2) is 8.64. The van der Waals surface area contributed by atoms with Crippen molar-refractivity contribution in [1.82, 2.24) is 15.1 Å². The van der Waals surface area contributed by atoms with Crippen LogP contribution in [0.2, 0.25) is 5.02 Å². The smallest absolute Gasteiger partial charge is 0.387 e. The van der Waals surface area contributed by atoms with Crippen molar-refractivity contribution in [2.75, 3.05) is 6.54 Å². The summed E-state index contributed by atoms with van der Waals surface area (Å²) in [5.41, 5.74) is 1.99. The highest BCUT2D eigenvalue weighted by atomic mass is 35.5. The predicted molar refractivity (Wildman–Crippen MR) is 97.7 cm³/mol. The van der Waals surface area contributed by atoms with Crippen molar-refractivity contribution in [3.05, 3.63) is 77.1 Å². The number of hydrogen-bond acceptors (Lipinski definition) is 3. The van der Waals surface area contributed by atoms with Gasteiger partial charge in [-0.2, -0.15) is 13.9 Å². The monoisotopic (exact) mass is 391 g/mol. The highest BCUT2D eigenvalue weighted by Crippen LogP contribution is 2.19. The number of carbonyl (C=O) groups excluding carboxylic acids is 1. The first kappa shape index (κ1) is 18.8. The number of halogens is 3. The Morgan fingerprint density at radius 3 is 2.63 bits per heavy atom. The molecule has 0 unspecified atom stereocenters. The molecule has 0 spiro atoms. The van der Waals surface area contributed by atoms with Gasteiger partial charge in [-0.3, -0.25) is 4.79 Å². The molecular weight excluding hydrogens is 376 g/mol. The molecule has 0 fully saturated rings. The number of benzene rings is 2. The van der Waals surface area contributed by atoms with E-state index in [1.54, 1.807) is 35.1 Å². The summed E-state index contributed by atoms with van der Waals surface area (Å²) in [6.07, 6.45) is 3.63. The van der Waals surface area contributed by atoms with E-state index < -0.39 is 6.61 Å². The van der Waals surface area contributed by atoms with Gasteiger partial charge in [0, 0.05) is 12.7 Å². The van der Waals surface area contributed by atoms with Gasteiger partial charge in [-0.25, -0.2) is 4.68 Å². The molecule has 1 N–H and O–H groups in total. The number of nitrogens with one attached hydrogen (secondary N) is 1. The summed E-state index contributed by atoms with van der Waals surface area (Å²) in [7, 11) is 0. The van der Waals surface area contributed by atoms with Crippen molar-refractivity contribution in [1.29, 1.82) is 0 Å². The SMILES string of the molecule is O=C(NCCc1ccc(OC(F)F)cc1)c1cnn(-c2ccccc2Cl)c1. The topological polar surface area (TPSA) is 56.1 Å². The Hall–Kier alpha value is -2.93. The van der Waals surface area contributed by atoms with Crippen LogP contribution in [-0.2, 0) is 6.42 Å². The summed E-state index contributed by atoms with van der Waals surface area (Å²) in [5.74, 6) is -0.157. The molecule has 5 nitrogen and oxygen atoms in total. The minimum absolute atomic E-state index is 0.102. The third kappa shape index (κ3) is 5.04. The van der Waals surface area contributed by atoms with E-state index in [9.17, 15) is 13.6 Å². The van der Waals surface area contributed by atoms with Crippen LogP contribution in [0, 0.1) is 0 Å². The zero-order valence-electron chi connectivity index (χ0n) is 14.1. The quantitative estimate of drug-likeness (QED) is 0.659. The van der Waals surface area contributed by atoms with Crippen LogP contribution in [0.4, 0.5) is 8.78 Å². The largest absolute Gasteiger partial charge is 0.435 e. The van der Waals surface area contributed by atoms with Gasteiger partial charge in [0.05, 0.1) is 22.5 Å². The molecule has 27 heavy (non-hydrogen) atoms. The minimum atomic E-state index is -2.85. The van der Waals surface area contributed by atoms with Crippen LogP contribution in [-0.4, -0.2) is 28.8 Å². The van der Waals surface area contributed by atoms with E-state index in [1.807, 2.05) is 12.1 Å². The zero-order chi connectivity index (χ0) is 19.2. The molecule has 0 saturated carbocycles. The maximum Gasteiger partial charge on any atom is 0.387 e. The number of carbonyl (C=O) groups is 1. The lowest BCUT2D eigenvalue weighted by Crippen LogP contribution is -2.25. The highest BCUT2D eigenvalue weighted by Gasteiger charge is 2.10. The van der Waals surface area contributed by atoms with E-state index in [-0.39, 0.29) is 11.7 Å². The summed E-state index contributed by atoms with van der Waals surface area (Å²) in [5, 5.41) is 7.50. The average molecular weight is 392 g/mol. The molecular formula is C19H16ClF2N3O2. The fourth-order valence-corrected chi connectivity index (χ4v) is 2.69. The molecule has 0 atom stereocenters. The fourth-order valence-electron chi connectivity index (χ4n) is 2.47. The molecule has 140 valence electrons. The number of rotatable bonds is 7. The molecule has 1 heterocycles. The van der Waals surface area contributed by atoms with E-state index in [0.29, 0.717) is 29.2 Å². The summed E-state index contributed by atoms with van der Waals surface area (Å²) >= 11 is 6.13. The maximum atomic E-state index is 12.2. The van der Waals surface area contributed by atoms with E-state index in [1.165, 1.54) is 18.3 Å². The van der Waals surface area contributed by atoms with Crippen LogP contribution in [0.5, 0.6) is 5.75 Å². The number of hydrogen-bond donors (Lipinski definition) is 1. The summed E-state index contributed by atoms with van der Waals surface area (Å²) in [6, 6.07) is 13.5. The lowest BCUT2D eigenvalue weighted by molar-refractivity contribution is -0.0498. The van der Waals surface area contributed by atoms with Gasteiger partial charge >= 0.3 is 6.61 Å². The van der Waals surface area contributed by atoms with E-state index in [4.69, 9.17) is 11.6 Å². The number of alkyl halides is 2. The van der Waals surface area contributed by atoms with Gasteiger partial charge in [-0.15, -0.1) is 0 Å². The summed E-state index contributed by atoms with van der Waals surface area (Å²) in [6.45, 7) is -2.45. The van der Waals surface area contributed by atoms with Crippen molar-refractivity contribution in [2.24, 2.45) is 0 Å². The van der Waals surface area contributed by atoms with Crippen LogP contribution in [0.25, 0.3) is 5.69 Å². The molecule has 8 heteroatoms. The van der Waals surface area contributed by atoms with Gasteiger partial charge < -0.3 is 10.1 Å². The number of aromatic nitrogens is 2. The van der Waals surface area contributed by atoms with E-state index in [0.717, 1.165) is 5.56 Å². The van der Waals surface area contributed by atoms with Gasteiger partial charge in [0.2, 0.25) is 0 Å². The predicted octanol–water partition coefficient (Wildman–Crippen LogP) is 4.10. The van der Waals surface area contributed by atoms with Crippen molar-refractivity contribution < 1.29 is 18.3 Å². The Morgan fingerprint density at radius 1 is 1.19 bits per heavy atom. The first-order valence-corrected chi connectivity index (χ1v) is 8.52. The molecule has 1 aromatic heterocycles. The lowest BCUT2D eigenvalue weighted by Gasteiger charge is -2.07. The average Bonchev–Trinajstić information content (AvgIpc) is 3.13. The maximum absolute atomic E-state index is 12.2. The normalized spacial score (nSPS) is 10.8. The first-order valence-electron chi connectivity index (χ1n) is 8.14. The Morgan fingerprint density at radius 2 is 1.93 bits per heavy atom. The van der Waals surface area contributed by atoms with Crippen molar-refractivity contribution >= 4 is 17.5 Å². The minimum Gasteiger partial charge on any atom is -0.435 e. The fraction of sp³-hybridized carbons (Fsp3) is 0.158. The second-order valence-electron chi connectivity index (χ2n) is 5.65. The molecule has 1 amide bonds. The van der Waals surface area contributed by atoms with Crippen LogP contribution < -0.4 is 10.1 Å². The number of para-hydroxylation sites is 1. The molecule has 0 aliphatic carbocycles. The lowest BCUT2D eigenvalue weighted by atomic mass is 10.1. The molecule has 0 radical (unpaired) electrons. The van der Waals surface area contributed by atoms with Crippen molar-refractivity contribution in [3.63, 3.8) is 0 Å². The number of nitrogens with zero attached hydrogens (tertiary/aromatic N) is 2. The Labute approximate surface area is 159 Å². The zero-order valence-corrected chi connectivity index (χ0v) is 14.9. The van der Waals surface area contributed by atoms with Gasteiger partial charge in [0.25, 0.3) is 5.91 Å². The standard InChI is InChI=1S/C19H16ClF2N3O2/c20-16-3-1-2-4-17(16)25-12-14(11-24-25)18(26)23-10-9-13-5-7-15(8-6-13)27-19(21)22/h1-8,11-12,19H,9-10H2,(H,23,26). The molecule has 3 rings (SSSR count). The van der Waals surface area contributed by atoms with Crippen LogP contribution >= 0.6 is 11.6 Å². The molecule has 2 aromatic carbocycles. The van der Waals surface area contributed by atoms with Crippen LogP contribution in [0.15, 0.2) is 60.9 Å². The second-order valence-corrected chi connectivity index (χ2v) is 6.06. The van der Waals surface area contributed by atoms with Crippen LogP contribution in [0.1, 0.15) is 15.9 Å². The van der Waals surface area contributed by atoms with Crippen molar-refractivity contribution in [2.45, 2.75) is 13.0 Å². The van der Waals surface area contributed by atoms with Gasteiger partial charge in [-0.1, -0.05) is 35.9 Å². The molecule has 3 aromatic rings. The highest BCUT2D eigenvalue weighted by molar-refractivity contribution is 6.32. The summed E-state index contributed by atoms with van der Waals surface area (Å²) < 4.78 is 30.1. The van der Waals surface area contributed by atoms with Gasteiger partial charge in [0.1, 0.15) is 5.75 Å². The first-order chi connectivity index (χ1) is 13.0. The summed E-state index contributed by atoms with van der Waals surface area (Å²) in [4.78, 5) is 12.2. The molecule has 0 bridgehead atoms. The third-order valence-corrected chi connectivity index (χ3v) is 4.11. The third-order valence-electron chi connectivity index (χ3n) is 3.79. The number of ether oxygens (including phenoxy) is 1. The number of amides is 1. The molecule has 0 aliphatic rings. The van der Waals surface area contributed by atoms with Gasteiger partial charge in [-0.05, 0) is 36.2 Å². The van der Waals surface area contributed by atoms with Crippen LogP contribution in [0.3, 0.4) is 0 Å². The Balaban J connectivity index is 1.53. The molecule has 0 aliphatic heterocycles. The van der Waals surface area contributed by atoms with E-state index >= 15 is 0 Å².